The third-order valence-electron chi connectivity index (χ3n) is 14.6. The van der Waals surface area contributed by atoms with Crippen LogP contribution < -0.4 is 16.6 Å². The Kier molecular flexibility index (Phi) is 6.41. The summed E-state index contributed by atoms with van der Waals surface area (Å²) in [5.74, 6) is 3.49. The lowest BCUT2D eigenvalue weighted by atomic mass is 9.34. The largest absolute Gasteiger partial charge is 0.382 e. The zero-order valence-corrected chi connectivity index (χ0v) is 28.0. The highest BCUT2D eigenvalue weighted by atomic mass is 16.1. The van der Waals surface area contributed by atoms with Gasteiger partial charge in [0, 0.05) is 33.8 Å². The minimum Gasteiger partial charge on any atom is -0.382 e. The second-order valence-corrected chi connectivity index (χ2v) is 17.5. The van der Waals surface area contributed by atoms with E-state index in [4.69, 9.17) is 5.73 Å². The number of aromatic amines is 3. The Hall–Kier alpha value is -2.28. The van der Waals surface area contributed by atoms with Crippen LogP contribution in [-0.2, 0) is 18.3 Å². The van der Waals surface area contributed by atoms with Gasteiger partial charge >= 0.3 is 0 Å². The van der Waals surface area contributed by atoms with Gasteiger partial charge in [0.25, 0.3) is 5.56 Å². The highest BCUT2D eigenvalue weighted by Gasteiger charge is 2.67. The summed E-state index contributed by atoms with van der Waals surface area (Å²) in [6.07, 6.45) is 13.2. The summed E-state index contributed by atoms with van der Waals surface area (Å²) in [7, 11) is 1.97. The van der Waals surface area contributed by atoms with Crippen molar-refractivity contribution in [2.24, 2.45) is 45.3 Å². The van der Waals surface area contributed by atoms with E-state index >= 15 is 0 Å². The molecule has 3 fully saturated rings. The normalized spacial score (nSPS) is 40.8. The van der Waals surface area contributed by atoms with Crippen molar-refractivity contribution in [2.45, 2.75) is 118 Å². The van der Waals surface area contributed by atoms with E-state index in [1.165, 1.54) is 55.5 Å². The fourth-order valence-electron chi connectivity index (χ4n) is 12.6. The number of aromatic nitrogens is 4. The Morgan fingerprint density at radius 1 is 1.00 bits per heavy atom. The SMILES string of the molecule is CNCCc1c([C@@H]2CC(C)(C)CC3C4=CCC5[C@@]6(C)Cc7c(N)n[nH]c7C(C)(C)C6CC[C@@]5(C)[C@]4(C)CC[C@@H]32)[nH][nH]c1=O. The summed E-state index contributed by atoms with van der Waals surface area (Å²) in [6.45, 7) is 18.6. The number of rotatable bonds is 4. The quantitative estimate of drug-likeness (QED) is 0.259. The van der Waals surface area contributed by atoms with E-state index < -0.39 is 0 Å². The third kappa shape index (κ3) is 3.88. The second kappa shape index (κ2) is 9.37. The number of allylic oxidation sites excluding steroid dienone is 2. The minimum absolute atomic E-state index is 0.0376. The number of nitrogens with one attached hydrogen (secondary N) is 4. The van der Waals surface area contributed by atoms with Gasteiger partial charge in [-0.1, -0.05) is 60.1 Å². The number of fused-ring (bicyclic) bond motifs is 8. The number of nitrogens with zero attached hydrogens (tertiary/aromatic N) is 1. The van der Waals surface area contributed by atoms with Gasteiger partial charge in [-0.2, -0.15) is 5.10 Å². The molecule has 6 N–H and O–H groups in total. The molecule has 5 aliphatic carbocycles. The third-order valence-corrected chi connectivity index (χ3v) is 14.6. The molecule has 0 spiro atoms. The van der Waals surface area contributed by atoms with Crippen molar-refractivity contribution >= 4 is 5.82 Å². The molecule has 0 aliphatic heterocycles. The molecule has 7 heteroatoms. The molecule has 0 saturated heterocycles. The number of nitrogens with two attached hydrogens (primary N) is 1. The average molecular weight is 589 g/mol. The predicted octanol–water partition coefficient (Wildman–Crippen LogP) is 6.61. The maximum absolute atomic E-state index is 12.9. The molecule has 43 heavy (non-hydrogen) atoms. The summed E-state index contributed by atoms with van der Waals surface area (Å²) in [5.41, 5.74) is 14.0. The molecule has 2 aromatic rings. The van der Waals surface area contributed by atoms with Crippen LogP contribution in [0.3, 0.4) is 0 Å². The molecule has 3 unspecified atom stereocenters. The van der Waals surface area contributed by atoms with E-state index in [1.807, 2.05) is 7.05 Å². The number of likely N-dealkylation sites (N-methyl/N-ethyl adjacent to an activating group) is 1. The maximum atomic E-state index is 12.9. The monoisotopic (exact) mass is 588 g/mol. The lowest BCUT2D eigenvalue weighted by Crippen LogP contribution is -2.63. The molecule has 5 aliphatic rings. The van der Waals surface area contributed by atoms with Gasteiger partial charge in [0.2, 0.25) is 0 Å². The van der Waals surface area contributed by atoms with Crippen LogP contribution in [0.25, 0.3) is 0 Å². The zero-order valence-electron chi connectivity index (χ0n) is 28.0. The number of nitrogen functional groups attached to an aromatic ring is 1. The first-order chi connectivity index (χ1) is 20.2. The summed E-state index contributed by atoms with van der Waals surface area (Å²) in [5, 5.41) is 17.5. The van der Waals surface area contributed by atoms with Crippen molar-refractivity contribution in [2.75, 3.05) is 19.3 Å². The summed E-state index contributed by atoms with van der Waals surface area (Å²) < 4.78 is 0. The average Bonchev–Trinajstić information content (AvgIpc) is 3.48. The van der Waals surface area contributed by atoms with Crippen LogP contribution in [0.2, 0.25) is 0 Å². The molecule has 2 heterocycles. The molecule has 236 valence electrons. The van der Waals surface area contributed by atoms with Crippen LogP contribution in [-0.4, -0.2) is 34.0 Å². The van der Waals surface area contributed by atoms with E-state index in [-0.39, 0.29) is 32.6 Å². The first-order valence-corrected chi connectivity index (χ1v) is 17.2. The van der Waals surface area contributed by atoms with Crippen molar-refractivity contribution in [1.29, 1.82) is 0 Å². The minimum atomic E-state index is 0.0376. The highest BCUT2D eigenvalue weighted by molar-refractivity contribution is 5.49. The Morgan fingerprint density at radius 3 is 2.49 bits per heavy atom. The molecule has 3 saturated carbocycles. The maximum Gasteiger partial charge on any atom is 0.267 e. The van der Waals surface area contributed by atoms with Crippen LogP contribution in [0.15, 0.2) is 16.4 Å². The van der Waals surface area contributed by atoms with Crippen molar-refractivity contribution in [3.05, 3.63) is 44.5 Å². The number of H-pyrrole nitrogens is 3. The summed E-state index contributed by atoms with van der Waals surface area (Å²) in [6, 6.07) is 0. The van der Waals surface area contributed by atoms with Gasteiger partial charge in [-0.15, -0.1) is 0 Å². The molecule has 0 aromatic carbocycles. The first kappa shape index (κ1) is 29.4. The number of anilines is 1. The zero-order chi connectivity index (χ0) is 30.7. The Labute approximate surface area is 258 Å². The van der Waals surface area contributed by atoms with E-state index in [9.17, 15) is 4.79 Å². The van der Waals surface area contributed by atoms with Crippen molar-refractivity contribution < 1.29 is 0 Å². The Bertz CT molecular complexity index is 1510. The fourth-order valence-corrected chi connectivity index (χ4v) is 12.6. The molecule has 0 radical (unpaired) electrons. The molecular weight excluding hydrogens is 532 g/mol. The van der Waals surface area contributed by atoms with Crippen molar-refractivity contribution in [1.82, 2.24) is 25.7 Å². The topological polar surface area (TPSA) is 115 Å². The summed E-state index contributed by atoms with van der Waals surface area (Å²) in [4.78, 5) is 12.9. The van der Waals surface area contributed by atoms with Crippen LogP contribution in [0.4, 0.5) is 5.82 Å². The molecule has 0 bridgehead atoms. The molecule has 0 amide bonds. The van der Waals surface area contributed by atoms with Crippen molar-refractivity contribution in [3.63, 3.8) is 0 Å². The van der Waals surface area contributed by atoms with E-state index in [0.717, 1.165) is 31.4 Å². The van der Waals surface area contributed by atoms with Crippen LogP contribution in [0, 0.1) is 45.3 Å². The van der Waals surface area contributed by atoms with Crippen molar-refractivity contribution in [3.8, 4) is 0 Å². The van der Waals surface area contributed by atoms with Gasteiger partial charge in [0.05, 0.1) is 0 Å². The number of hydrogen-bond donors (Lipinski definition) is 5. The molecular formula is C36H56N6O. The number of hydrogen-bond acceptors (Lipinski definition) is 4. The fraction of sp³-hybridized carbons (Fsp3) is 0.778. The van der Waals surface area contributed by atoms with E-state index in [1.54, 1.807) is 5.57 Å². The van der Waals surface area contributed by atoms with Gasteiger partial charge in [-0.05, 0) is 117 Å². The predicted molar refractivity (Wildman–Crippen MR) is 174 cm³/mol. The highest BCUT2D eigenvalue weighted by Crippen LogP contribution is 2.74. The van der Waals surface area contributed by atoms with Crippen LogP contribution in [0.5, 0.6) is 0 Å². The standard InChI is InChI=1S/C36H56N6O/c1-32(2)17-22-20(23(18-32)28-21(13-16-38-8)31(43)42-39-28)11-14-35(6)25(22)9-10-27-34(5)19-24-29(40-41-30(24)37)33(3,4)26(34)12-15-36(27,35)7/h9,20,22-23,26-27,38H,10-19H2,1-8H3,(H3,37,40,41)(H2,39,42,43)/t20-,22?,23+,26?,27?,34-,35+,36+/m0/s1. The van der Waals surface area contributed by atoms with Crippen LogP contribution in [0.1, 0.15) is 122 Å². The lowest BCUT2D eigenvalue weighted by molar-refractivity contribution is -0.153. The summed E-state index contributed by atoms with van der Waals surface area (Å²) >= 11 is 0. The lowest BCUT2D eigenvalue weighted by Gasteiger charge is -2.70. The van der Waals surface area contributed by atoms with E-state index in [2.05, 4.69) is 80.3 Å². The van der Waals surface area contributed by atoms with Gasteiger partial charge < -0.3 is 16.1 Å². The van der Waals surface area contributed by atoms with E-state index in [0.29, 0.717) is 35.4 Å². The van der Waals surface area contributed by atoms with Gasteiger partial charge in [0.15, 0.2) is 0 Å². The molecule has 8 atom stereocenters. The second-order valence-electron chi connectivity index (χ2n) is 17.5. The van der Waals surface area contributed by atoms with Gasteiger partial charge in [-0.3, -0.25) is 15.0 Å². The molecule has 7 rings (SSSR count). The Balaban J connectivity index is 1.28. The first-order valence-electron chi connectivity index (χ1n) is 17.2. The van der Waals surface area contributed by atoms with Gasteiger partial charge in [0.1, 0.15) is 5.82 Å². The van der Waals surface area contributed by atoms with Gasteiger partial charge in [-0.25, -0.2) is 0 Å². The smallest absolute Gasteiger partial charge is 0.267 e. The molecule has 7 nitrogen and oxygen atoms in total. The Morgan fingerprint density at radius 2 is 1.74 bits per heavy atom. The van der Waals surface area contributed by atoms with Crippen LogP contribution >= 0.6 is 0 Å². The molecule has 2 aromatic heterocycles.